The number of benzene rings is 3. The Bertz CT molecular complexity index is 1110. The van der Waals surface area contributed by atoms with Crippen molar-refractivity contribution in [3.05, 3.63) is 102 Å². The lowest BCUT2D eigenvalue weighted by molar-refractivity contribution is -0.122. The summed E-state index contributed by atoms with van der Waals surface area (Å²) in [6.07, 6.45) is 2.75. The van der Waals surface area contributed by atoms with E-state index < -0.39 is 0 Å². The molecule has 3 aromatic rings. The number of rotatable bonds is 4. The minimum atomic E-state index is -0.273. The summed E-state index contributed by atoms with van der Waals surface area (Å²) >= 11 is 0. The number of para-hydroxylation sites is 2. The topological polar surface area (TPSA) is 50.4 Å². The van der Waals surface area contributed by atoms with Gasteiger partial charge in [0.2, 0.25) is 0 Å². The number of nitrogens with one attached hydrogen (secondary N) is 2. The predicted octanol–water partition coefficient (Wildman–Crippen LogP) is 5.92. The Hall–Kier alpha value is -3.53. The van der Waals surface area contributed by atoms with E-state index in [1.807, 2.05) is 49.4 Å². The summed E-state index contributed by atoms with van der Waals surface area (Å²) in [5, 5.41) is 7.22. The van der Waals surface area contributed by atoms with E-state index in [2.05, 4.69) is 53.1 Å². The molecule has 0 radical (unpaired) electrons. The number of carbonyl (C=O) groups excluding carboxylic acids is 1. The van der Waals surface area contributed by atoms with E-state index in [0.29, 0.717) is 13.0 Å². The van der Waals surface area contributed by atoms with Crippen LogP contribution in [0, 0.1) is 5.92 Å². The van der Waals surface area contributed by atoms with Crippen LogP contribution in [-0.4, -0.2) is 12.4 Å². The molecule has 0 spiro atoms. The fraction of sp³-hybridized carbons (Fsp3) is 0.222. The number of anilines is 2. The van der Waals surface area contributed by atoms with Crippen LogP contribution >= 0.6 is 0 Å². The molecule has 0 fully saturated rings. The van der Waals surface area contributed by atoms with E-state index in [-0.39, 0.29) is 23.7 Å². The summed E-state index contributed by atoms with van der Waals surface area (Å²) in [7, 11) is 0. The van der Waals surface area contributed by atoms with Crippen molar-refractivity contribution in [3.8, 4) is 5.75 Å². The van der Waals surface area contributed by atoms with Crippen molar-refractivity contribution >= 4 is 17.2 Å². The van der Waals surface area contributed by atoms with Crippen LogP contribution in [0.15, 0.2) is 90.6 Å². The molecule has 2 N–H and O–H groups in total. The van der Waals surface area contributed by atoms with Gasteiger partial charge in [0.05, 0.1) is 29.9 Å². The van der Waals surface area contributed by atoms with Gasteiger partial charge in [-0.25, -0.2) is 0 Å². The summed E-state index contributed by atoms with van der Waals surface area (Å²) in [4.78, 5) is 13.5. The maximum absolute atomic E-state index is 13.5. The van der Waals surface area contributed by atoms with Gasteiger partial charge < -0.3 is 15.4 Å². The standard InChI is InChI=1S/C27H26N2O2/c1-2-31-21-14-12-19(13-15-21)27-26-24(28-22-10-6-7-11-23(22)29-27)16-20(17-25(26)30)18-8-4-3-5-9-18/h3-16,20,26-29H,2,17H2,1H3. The number of ketones is 1. The Labute approximate surface area is 183 Å². The molecule has 3 unspecified atom stereocenters. The van der Waals surface area contributed by atoms with Gasteiger partial charge in [-0.3, -0.25) is 4.79 Å². The molecule has 4 nitrogen and oxygen atoms in total. The van der Waals surface area contributed by atoms with E-state index in [1.54, 1.807) is 0 Å². The van der Waals surface area contributed by atoms with Crippen molar-refractivity contribution in [1.29, 1.82) is 0 Å². The van der Waals surface area contributed by atoms with Gasteiger partial charge in [0.15, 0.2) is 0 Å². The van der Waals surface area contributed by atoms with Crippen LogP contribution < -0.4 is 15.4 Å². The third-order valence-corrected chi connectivity index (χ3v) is 6.11. The van der Waals surface area contributed by atoms with Gasteiger partial charge >= 0.3 is 0 Å². The van der Waals surface area contributed by atoms with E-state index >= 15 is 0 Å². The van der Waals surface area contributed by atoms with Gasteiger partial charge in [-0.2, -0.15) is 0 Å². The van der Waals surface area contributed by atoms with Crippen LogP contribution in [0.2, 0.25) is 0 Å². The molecule has 0 saturated heterocycles. The number of fused-ring (bicyclic) bond motifs is 2. The van der Waals surface area contributed by atoms with Crippen molar-refractivity contribution in [2.45, 2.75) is 25.3 Å². The summed E-state index contributed by atoms with van der Waals surface area (Å²) in [5.41, 5.74) is 5.21. The van der Waals surface area contributed by atoms with Gasteiger partial charge in [-0.15, -0.1) is 0 Å². The second-order valence-electron chi connectivity index (χ2n) is 8.08. The highest BCUT2D eigenvalue weighted by molar-refractivity contribution is 5.90. The first kappa shape index (κ1) is 19.4. The zero-order valence-corrected chi connectivity index (χ0v) is 17.5. The van der Waals surface area contributed by atoms with E-state index in [1.165, 1.54) is 5.56 Å². The van der Waals surface area contributed by atoms with Gasteiger partial charge in [0, 0.05) is 18.0 Å². The zero-order chi connectivity index (χ0) is 21.2. The number of hydrogen-bond acceptors (Lipinski definition) is 4. The van der Waals surface area contributed by atoms with E-state index in [4.69, 9.17) is 4.74 Å². The molecule has 5 rings (SSSR count). The smallest absolute Gasteiger partial charge is 0.145 e. The Morgan fingerprint density at radius 1 is 0.871 bits per heavy atom. The van der Waals surface area contributed by atoms with Gasteiger partial charge in [-0.05, 0) is 42.3 Å². The minimum absolute atomic E-state index is 0.0821. The first-order valence-corrected chi connectivity index (χ1v) is 10.9. The maximum Gasteiger partial charge on any atom is 0.145 e. The average Bonchev–Trinajstić information content (AvgIpc) is 2.97. The third kappa shape index (κ3) is 3.81. The Morgan fingerprint density at radius 3 is 2.32 bits per heavy atom. The molecule has 4 heteroatoms. The first-order chi connectivity index (χ1) is 15.2. The number of allylic oxidation sites excluding steroid dienone is 1. The Balaban J connectivity index is 1.58. The fourth-order valence-electron chi connectivity index (χ4n) is 4.63. The number of ether oxygens (including phenoxy) is 1. The third-order valence-electron chi connectivity index (χ3n) is 6.11. The molecule has 0 saturated carbocycles. The number of Topliss-reactive ketones (excluding diaryl/α,β-unsaturated/α-hetero) is 1. The lowest BCUT2D eigenvalue weighted by Gasteiger charge is -2.32. The predicted molar refractivity (Wildman–Crippen MR) is 124 cm³/mol. The molecule has 2 aliphatic rings. The van der Waals surface area contributed by atoms with E-state index in [0.717, 1.165) is 28.4 Å². The average molecular weight is 411 g/mol. The van der Waals surface area contributed by atoms with Crippen molar-refractivity contribution in [3.63, 3.8) is 0 Å². The summed E-state index contributed by atoms with van der Waals surface area (Å²) < 4.78 is 5.61. The lowest BCUT2D eigenvalue weighted by Crippen LogP contribution is -2.33. The van der Waals surface area contributed by atoms with Crippen LogP contribution in [-0.2, 0) is 4.79 Å². The molecular weight excluding hydrogens is 384 g/mol. The highest BCUT2D eigenvalue weighted by Gasteiger charge is 2.39. The number of carbonyl (C=O) groups is 1. The van der Waals surface area contributed by atoms with Crippen LogP contribution in [0.5, 0.6) is 5.75 Å². The molecular formula is C27H26N2O2. The van der Waals surface area contributed by atoms with Crippen LogP contribution in [0.3, 0.4) is 0 Å². The second kappa shape index (κ2) is 8.31. The van der Waals surface area contributed by atoms with Crippen molar-refractivity contribution in [2.24, 2.45) is 5.92 Å². The molecule has 0 aromatic heterocycles. The van der Waals surface area contributed by atoms with Crippen molar-refractivity contribution in [1.82, 2.24) is 0 Å². The van der Waals surface area contributed by atoms with Gasteiger partial charge in [0.25, 0.3) is 0 Å². The summed E-state index contributed by atoms with van der Waals surface area (Å²) in [6.45, 7) is 2.61. The number of hydrogen-bond donors (Lipinski definition) is 2. The first-order valence-electron chi connectivity index (χ1n) is 10.9. The van der Waals surface area contributed by atoms with Crippen molar-refractivity contribution in [2.75, 3.05) is 17.2 Å². The highest BCUT2D eigenvalue weighted by atomic mass is 16.5. The molecule has 1 aliphatic heterocycles. The van der Waals surface area contributed by atoms with Gasteiger partial charge in [-0.1, -0.05) is 60.7 Å². The summed E-state index contributed by atoms with van der Waals surface area (Å²) in [6, 6.07) is 26.3. The lowest BCUT2D eigenvalue weighted by atomic mass is 9.76. The highest BCUT2D eigenvalue weighted by Crippen LogP contribution is 2.44. The largest absolute Gasteiger partial charge is 0.494 e. The molecule has 156 valence electrons. The molecule has 3 atom stereocenters. The minimum Gasteiger partial charge on any atom is -0.494 e. The zero-order valence-electron chi connectivity index (χ0n) is 17.5. The molecule has 0 bridgehead atoms. The maximum atomic E-state index is 13.5. The second-order valence-corrected chi connectivity index (χ2v) is 8.08. The van der Waals surface area contributed by atoms with Crippen LogP contribution in [0.1, 0.15) is 36.4 Å². The fourth-order valence-corrected chi connectivity index (χ4v) is 4.63. The quantitative estimate of drug-likeness (QED) is 0.560. The molecule has 1 aliphatic carbocycles. The Morgan fingerprint density at radius 2 is 1.58 bits per heavy atom. The van der Waals surface area contributed by atoms with Crippen LogP contribution in [0.25, 0.3) is 0 Å². The molecule has 0 amide bonds. The Kier molecular flexibility index (Phi) is 5.21. The van der Waals surface area contributed by atoms with E-state index in [9.17, 15) is 4.79 Å². The van der Waals surface area contributed by atoms with Gasteiger partial charge in [0.1, 0.15) is 11.5 Å². The van der Waals surface area contributed by atoms with Crippen molar-refractivity contribution < 1.29 is 9.53 Å². The normalized spacial score (nSPS) is 22.2. The van der Waals surface area contributed by atoms with Crippen LogP contribution in [0.4, 0.5) is 11.4 Å². The monoisotopic (exact) mass is 410 g/mol. The molecule has 3 aromatic carbocycles. The summed E-state index contributed by atoms with van der Waals surface area (Å²) in [5.74, 6) is 0.898. The molecule has 1 heterocycles. The molecule has 31 heavy (non-hydrogen) atoms. The SMILES string of the molecule is CCOc1ccc(C2Nc3ccccc3NC3=CC(c4ccccc4)CC(=O)C32)cc1.